The summed E-state index contributed by atoms with van der Waals surface area (Å²) in [5, 5.41) is 3.03. The number of alkyl halides is 3. The van der Waals surface area contributed by atoms with E-state index in [9.17, 15) is 13.2 Å². The SMILES string of the molecule is Cc1ccc(C(c2ccc(Cl)c(C(F)(F)F)c2)N2CCNCC2)s1. The van der Waals surface area contributed by atoms with Crippen molar-refractivity contribution < 1.29 is 13.2 Å². The molecule has 1 aromatic carbocycles. The van der Waals surface area contributed by atoms with E-state index in [1.165, 1.54) is 12.1 Å². The molecule has 24 heavy (non-hydrogen) atoms. The molecule has 2 heterocycles. The van der Waals surface area contributed by atoms with Crippen LogP contribution in [-0.2, 0) is 6.18 Å². The van der Waals surface area contributed by atoms with Gasteiger partial charge in [0.15, 0.2) is 0 Å². The van der Waals surface area contributed by atoms with Crippen LogP contribution in [0.15, 0.2) is 30.3 Å². The fourth-order valence-corrected chi connectivity index (χ4v) is 4.29. The topological polar surface area (TPSA) is 15.3 Å². The average molecular weight is 375 g/mol. The van der Waals surface area contributed by atoms with Gasteiger partial charge in [-0.1, -0.05) is 17.7 Å². The summed E-state index contributed by atoms with van der Waals surface area (Å²) in [6.45, 7) is 5.27. The quantitative estimate of drug-likeness (QED) is 0.836. The van der Waals surface area contributed by atoms with E-state index in [1.54, 1.807) is 17.4 Å². The third-order valence-electron chi connectivity index (χ3n) is 4.16. The first kappa shape index (κ1) is 17.7. The van der Waals surface area contributed by atoms with Gasteiger partial charge in [0, 0.05) is 35.9 Å². The Morgan fingerprint density at radius 3 is 2.46 bits per heavy atom. The molecule has 1 aliphatic rings. The standard InChI is InChI=1S/C17H18ClF3N2S/c1-11-2-5-15(24-11)16(23-8-6-22-7-9-23)12-3-4-14(18)13(10-12)17(19,20)21/h2-5,10,16,22H,6-9H2,1H3. The minimum atomic E-state index is -4.45. The van der Waals surface area contributed by atoms with E-state index in [1.807, 2.05) is 19.1 Å². The van der Waals surface area contributed by atoms with Gasteiger partial charge in [-0.3, -0.25) is 4.90 Å². The highest BCUT2D eigenvalue weighted by atomic mass is 35.5. The minimum Gasteiger partial charge on any atom is -0.314 e. The molecule has 0 bridgehead atoms. The molecule has 2 aromatic rings. The van der Waals surface area contributed by atoms with Crippen molar-refractivity contribution in [1.29, 1.82) is 0 Å². The van der Waals surface area contributed by atoms with E-state index >= 15 is 0 Å². The summed E-state index contributed by atoms with van der Waals surface area (Å²) in [7, 11) is 0. The molecular weight excluding hydrogens is 357 g/mol. The van der Waals surface area contributed by atoms with Crippen LogP contribution in [0, 0.1) is 6.92 Å². The van der Waals surface area contributed by atoms with Crippen molar-refractivity contribution in [3.8, 4) is 0 Å². The van der Waals surface area contributed by atoms with Crippen LogP contribution in [-0.4, -0.2) is 31.1 Å². The van der Waals surface area contributed by atoms with Crippen molar-refractivity contribution >= 4 is 22.9 Å². The zero-order valence-electron chi connectivity index (χ0n) is 13.2. The van der Waals surface area contributed by atoms with Crippen LogP contribution in [0.3, 0.4) is 0 Å². The molecule has 1 saturated heterocycles. The number of halogens is 4. The summed E-state index contributed by atoms with van der Waals surface area (Å²) in [6.07, 6.45) is -4.45. The number of piperazine rings is 1. The van der Waals surface area contributed by atoms with Gasteiger partial charge in [0.1, 0.15) is 0 Å². The van der Waals surface area contributed by atoms with Crippen LogP contribution < -0.4 is 5.32 Å². The second-order valence-electron chi connectivity index (χ2n) is 5.87. The van der Waals surface area contributed by atoms with E-state index in [-0.39, 0.29) is 11.1 Å². The number of nitrogens with zero attached hydrogens (tertiary/aromatic N) is 1. The third-order valence-corrected chi connectivity index (χ3v) is 5.54. The van der Waals surface area contributed by atoms with Crippen molar-refractivity contribution in [2.75, 3.05) is 26.2 Å². The van der Waals surface area contributed by atoms with Crippen molar-refractivity contribution in [2.45, 2.75) is 19.1 Å². The van der Waals surface area contributed by atoms with Gasteiger partial charge < -0.3 is 5.32 Å². The maximum Gasteiger partial charge on any atom is 0.417 e. The molecule has 0 spiro atoms. The lowest BCUT2D eigenvalue weighted by atomic mass is 10.00. The monoisotopic (exact) mass is 374 g/mol. The van der Waals surface area contributed by atoms with E-state index < -0.39 is 11.7 Å². The number of benzene rings is 1. The minimum absolute atomic E-state index is 0.177. The maximum atomic E-state index is 13.2. The summed E-state index contributed by atoms with van der Waals surface area (Å²) >= 11 is 7.41. The molecule has 1 fully saturated rings. The number of hydrogen-bond acceptors (Lipinski definition) is 3. The molecule has 1 unspecified atom stereocenters. The van der Waals surface area contributed by atoms with Gasteiger partial charge in [0.05, 0.1) is 16.6 Å². The lowest BCUT2D eigenvalue weighted by molar-refractivity contribution is -0.137. The first-order valence-corrected chi connectivity index (χ1v) is 8.93. The predicted molar refractivity (Wildman–Crippen MR) is 91.8 cm³/mol. The van der Waals surface area contributed by atoms with E-state index in [0.29, 0.717) is 5.56 Å². The molecule has 130 valence electrons. The molecule has 1 aromatic heterocycles. The second kappa shape index (κ2) is 7.04. The maximum absolute atomic E-state index is 13.2. The number of hydrogen-bond donors (Lipinski definition) is 1. The Labute approximate surface area is 148 Å². The third kappa shape index (κ3) is 3.77. The smallest absolute Gasteiger partial charge is 0.314 e. The van der Waals surface area contributed by atoms with Gasteiger partial charge in [0.25, 0.3) is 0 Å². The Bertz CT molecular complexity index is 708. The molecule has 0 radical (unpaired) electrons. The summed E-state index contributed by atoms with van der Waals surface area (Å²) in [5.74, 6) is 0. The zero-order chi connectivity index (χ0) is 17.3. The molecular formula is C17H18ClF3N2S. The molecule has 0 saturated carbocycles. The van der Waals surface area contributed by atoms with Gasteiger partial charge in [-0.2, -0.15) is 13.2 Å². The average Bonchev–Trinajstić information content (AvgIpc) is 2.95. The first-order chi connectivity index (χ1) is 11.4. The molecule has 0 amide bonds. The number of rotatable bonds is 3. The van der Waals surface area contributed by atoms with Crippen molar-refractivity contribution in [3.63, 3.8) is 0 Å². The van der Waals surface area contributed by atoms with E-state index in [0.717, 1.165) is 35.9 Å². The Balaban J connectivity index is 2.05. The number of aryl methyl sites for hydroxylation is 1. The fraction of sp³-hybridized carbons (Fsp3) is 0.412. The van der Waals surface area contributed by atoms with Crippen LogP contribution >= 0.6 is 22.9 Å². The highest BCUT2D eigenvalue weighted by Crippen LogP contribution is 2.39. The Hall–Kier alpha value is -1.08. The lowest BCUT2D eigenvalue weighted by Gasteiger charge is -2.35. The van der Waals surface area contributed by atoms with E-state index in [2.05, 4.69) is 10.2 Å². The normalized spacial score (nSPS) is 17.9. The Morgan fingerprint density at radius 1 is 1.17 bits per heavy atom. The van der Waals surface area contributed by atoms with Gasteiger partial charge in [-0.25, -0.2) is 0 Å². The largest absolute Gasteiger partial charge is 0.417 e. The zero-order valence-corrected chi connectivity index (χ0v) is 14.7. The van der Waals surface area contributed by atoms with Crippen LogP contribution in [0.4, 0.5) is 13.2 Å². The van der Waals surface area contributed by atoms with Crippen LogP contribution in [0.5, 0.6) is 0 Å². The number of thiophene rings is 1. The molecule has 1 atom stereocenters. The fourth-order valence-electron chi connectivity index (χ4n) is 3.03. The van der Waals surface area contributed by atoms with E-state index in [4.69, 9.17) is 11.6 Å². The van der Waals surface area contributed by atoms with Crippen LogP contribution in [0.1, 0.15) is 26.9 Å². The lowest BCUT2D eigenvalue weighted by Crippen LogP contribution is -2.45. The summed E-state index contributed by atoms with van der Waals surface area (Å²) < 4.78 is 39.7. The van der Waals surface area contributed by atoms with Crippen LogP contribution in [0.25, 0.3) is 0 Å². The Kier molecular flexibility index (Phi) is 5.20. The van der Waals surface area contributed by atoms with Gasteiger partial charge in [-0.05, 0) is 36.8 Å². The summed E-state index contributed by atoms with van der Waals surface area (Å²) in [4.78, 5) is 4.44. The molecule has 3 rings (SSSR count). The van der Waals surface area contributed by atoms with Crippen molar-refractivity contribution in [2.24, 2.45) is 0 Å². The second-order valence-corrected chi connectivity index (χ2v) is 7.60. The van der Waals surface area contributed by atoms with Gasteiger partial charge in [0.2, 0.25) is 0 Å². The van der Waals surface area contributed by atoms with Crippen LogP contribution in [0.2, 0.25) is 5.02 Å². The van der Waals surface area contributed by atoms with Crippen molar-refractivity contribution in [1.82, 2.24) is 10.2 Å². The first-order valence-electron chi connectivity index (χ1n) is 7.74. The van der Waals surface area contributed by atoms with Gasteiger partial charge >= 0.3 is 6.18 Å². The Morgan fingerprint density at radius 2 is 1.88 bits per heavy atom. The number of nitrogens with one attached hydrogen (secondary N) is 1. The van der Waals surface area contributed by atoms with Crippen molar-refractivity contribution in [3.05, 3.63) is 56.2 Å². The molecule has 2 nitrogen and oxygen atoms in total. The van der Waals surface area contributed by atoms with Gasteiger partial charge in [-0.15, -0.1) is 11.3 Å². The molecule has 7 heteroatoms. The summed E-state index contributed by atoms with van der Waals surface area (Å²) in [5.41, 5.74) is -0.134. The molecule has 1 aliphatic heterocycles. The predicted octanol–water partition coefficient (Wildman–Crippen LogP) is 4.72. The molecule has 1 N–H and O–H groups in total. The highest BCUT2D eigenvalue weighted by Gasteiger charge is 2.35. The molecule has 0 aliphatic carbocycles. The highest BCUT2D eigenvalue weighted by molar-refractivity contribution is 7.12. The summed E-state index contributed by atoms with van der Waals surface area (Å²) in [6, 6.07) is 8.10.